The van der Waals surface area contributed by atoms with Crippen LogP contribution in [-0.2, 0) is 4.74 Å². The molecule has 0 saturated heterocycles. The average Bonchev–Trinajstić information content (AvgIpc) is 3.13. The number of nitrogens with one attached hydrogen (secondary N) is 1. The second-order valence-corrected chi connectivity index (χ2v) is 6.04. The summed E-state index contributed by atoms with van der Waals surface area (Å²) in [5, 5.41) is 12.9. The molecule has 2 atom stereocenters. The minimum Gasteiger partial charge on any atom is -0.375 e. The Morgan fingerprint density at radius 2 is 2.06 bits per heavy atom. The zero-order valence-electron chi connectivity index (χ0n) is 12.3. The number of nitriles is 1. The van der Waals surface area contributed by atoms with Gasteiger partial charge in [0, 0.05) is 0 Å². The van der Waals surface area contributed by atoms with Crippen molar-refractivity contribution >= 4 is 0 Å². The Bertz CT molecular complexity index is 281. The molecule has 0 bridgehead atoms. The summed E-state index contributed by atoms with van der Waals surface area (Å²) in [6, 6.07) is 2.48. The van der Waals surface area contributed by atoms with Crippen molar-refractivity contribution in [3.63, 3.8) is 0 Å². The molecule has 3 heteroatoms. The summed E-state index contributed by atoms with van der Waals surface area (Å²) in [5.74, 6) is 1.13. The Balaban J connectivity index is 2.48. The molecule has 0 heterocycles. The van der Waals surface area contributed by atoms with Gasteiger partial charge in [-0.1, -0.05) is 20.8 Å². The molecule has 0 spiro atoms. The van der Waals surface area contributed by atoms with Gasteiger partial charge in [-0.2, -0.15) is 5.26 Å². The van der Waals surface area contributed by atoms with Crippen LogP contribution < -0.4 is 5.32 Å². The van der Waals surface area contributed by atoms with Crippen molar-refractivity contribution in [3.8, 4) is 6.07 Å². The molecule has 1 N–H and O–H groups in total. The maximum atomic E-state index is 9.52. The second kappa shape index (κ2) is 7.11. The number of hydrogen-bond donors (Lipinski definition) is 1. The molecule has 1 aliphatic rings. The van der Waals surface area contributed by atoms with E-state index in [0.717, 1.165) is 32.2 Å². The summed E-state index contributed by atoms with van der Waals surface area (Å²) >= 11 is 0. The lowest BCUT2D eigenvalue weighted by atomic mass is 9.95. The molecule has 3 nitrogen and oxygen atoms in total. The van der Waals surface area contributed by atoms with Crippen LogP contribution in [0.1, 0.15) is 53.4 Å². The normalized spacial score (nSPS) is 20.4. The van der Waals surface area contributed by atoms with E-state index in [2.05, 4.69) is 39.1 Å². The fourth-order valence-corrected chi connectivity index (χ4v) is 2.41. The third kappa shape index (κ3) is 4.59. The quantitative estimate of drug-likeness (QED) is 0.686. The molecule has 1 saturated carbocycles. The van der Waals surface area contributed by atoms with Crippen molar-refractivity contribution in [2.75, 3.05) is 13.2 Å². The zero-order valence-corrected chi connectivity index (χ0v) is 12.3. The molecule has 0 aromatic heterocycles. The lowest BCUT2D eigenvalue weighted by Crippen LogP contribution is -2.51. The van der Waals surface area contributed by atoms with Crippen molar-refractivity contribution < 1.29 is 4.74 Å². The van der Waals surface area contributed by atoms with E-state index in [1.165, 1.54) is 0 Å². The topological polar surface area (TPSA) is 45.0 Å². The molecule has 2 unspecified atom stereocenters. The lowest BCUT2D eigenvalue weighted by molar-refractivity contribution is 0.0173. The standard InChI is InChI=1S/C15H28N2O/c1-5-8-17-15(10-16,14-6-7-14)11-18-13(4)9-12(2)3/h12-14,17H,5-9,11H2,1-4H3. The van der Waals surface area contributed by atoms with Crippen LogP contribution in [0.3, 0.4) is 0 Å². The number of rotatable bonds is 9. The van der Waals surface area contributed by atoms with Crippen LogP contribution in [0.2, 0.25) is 0 Å². The maximum absolute atomic E-state index is 9.52. The van der Waals surface area contributed by atoms with E-state index in [0.29, 0.717) is 18.4 Å². The molecule has 1 rings (SSSR count). The van der Waals surface area contributed by atoms with E-state index >= 15 is 0 Å². The van der Waals surface area contributed by atoms with Crippen LogP contribution in [0.4, 0.5) is 0 Å². The number of nitrogens with zero attached hydrogens (tertiary/aromatic N) is 1. The Labute approximate surface area is 112 Å². The summed E-state index contributed by atoms with van der Waals surface area (Å²) in [6.45, 7) is 10.1. The lowest BCUT2D eigenvalue weighted by Gasteiger charge is -2.29. The monoisotopic (exact) mass is 252 g/mol. The van der Waals surface area contributed by atoms with Gasteiger partial charge in [-0.15, -0.1) is 0 Å². The third-order valence-corrected chi connectivity index (χ3v) is 3.56. The van der Waals surface area contributed by atoms with Crippen molar-refractivity contribution in [2.45, 2.75) is 65.0 Å². The minimum absolute atomic E-state index is 0.236. The summed E-state index contributed by atoms with van der Waals surface area (Å²) in [6.07, 6.45) is 4.66. The van der Waals surface area contributed by atoms with Crippen LogP contribution >= 0.6 is 0 Å². The highest BCUT2D eigenvalue weighted by Gasteiger charge is 2.45. The molecule has 104 valence electrons. The van der Waals surface area contributed by atoms with Gasteiger partial charge >= 0.3 is 0 Å². The van der Waals surface area contributed by atoms with Crippen LogP contribution in [0.15, 0.2) is 0 Å². The highest BCUT2D eigenvalue weighted by atomic mass is 16.5. The predicted octanol–water partition coefficient (Wildman–Crippen LogP) is 3.11. The average molecular weight is 252 g/mol. The zero-order chi connectivity index (χ0) is 13.6. The van der Waals surface area contributed by atoms with Gasteiger partial charge in [0.25, 0.3) is 0 Å². The van der Waals surface area contributed by atoms with Crippen molar-refractivity contribution in [1.29, 1.82) is 5.26 Å². The van der Waals surface area contributed by atoms with Gasteiger partial charge in [-0.25, -0.2) is 0 Å². The SMILES string of the molecule is CCCNC(C#N)(COC(C)CC(C)C)C1CC1. The van der Waals surface area contributed by atoms with E-state index in [9.17, 15) is 5.26 Å². The minimum atomic E-state index is -0.443. The Kier molecular flexibility index (Phi) is 6.11. The van der Waals surface area contributed by atoms with Gasteiger partial charge in [0.2, 0.25) is 0 Å². The first-order valence-corrected chi connectivity index (χ1v) is 7.32. The maximum Gasteiger partial charge on any atom is 0.133 e. The first-order chi connectivity index (χ1) is 8.54. The van der Waals surface area contributed by atoms with Crippen LogP contribution in [0, 0.1) is 23.2 Å². The fourth-order valence-electron chi connectivity index (χ4n) is 2.41. The van der Waals surface area contributed by atoms with E-state index in [-0.39, 0.29) is 6.10 Å². The van der Waals surface area contributed by atoms with Gasteiger partial charge < -0.3 is 4.74 Å². The fraction of sp³-hybridized carbons (Fsp3) is 0.933. The summed E-state index contributed by atoms with van der Waals surface area (Å²) < 4.78 is 5.92. The van der Waals surface area contributed by atoms with Gasteiger partial charge in [0.15, 0.2) is 0 Å². The van der Waals surface area contributed by atoms with E-state index in [1.807, 2.05) is 0 Å². The predicted molar refractivity (Wildman–Crippen MR) is 74.2 cm³/mol. The van der Waals surface area contributed by atoms with Crippen molar-refractivity contribution in [2.24, 2.45) is 11.8 Å². The van der Waals surface area contributed by atoms with E-state index < -0.39 is 5.54 Å². The number of ether oxygens (including phenoxy) is 1. The summed E-state index contributed by atoms with van der Waals surface area (Å²) in [7, 11) is 0. The smallest absolute Gasteiger partial charge is 0.133 e. The van der Waals surface area contributed by atoms with Crippen LogP contribution in [-0.4, -0.2) is 24.8 Å². The van der Waals surface area contributed by atoms with Gasteiger partial charge in [-0.05, 0) is 51.0 Å². The first kappa shape index (κ1) is 15.5. The molecule has 1 fully saturated rings. The Hall–Kier alpha value is -0.590. The van der Waals surface area contributed by atoms with Crippen LogP contribution in [0.25, 0.3) is 0 Å². The Morgan fingerprint density at radius 1 is 1.39 bits per heavy atom. The Morgan fingerprint density at radius 3 is 2.50 bits per heavy atom. The first-order valence-electron chi connectivity index (χ1n) is 7.32. The highest BCUT2D eigenvalue weighted by molar-refractivity contribution is 5.15. The largest absolute Gasteiger partial charge is 0.375 e. The molecule has 0 radical (unpaired) electrons. The molecule has 0 aromatic carbocycles. The highest BCUT2D eigenvalue weighted by Crippen LogP contribution is 2.40. The van der Waals surface area contributed by atoms with Gasteiger partial charge in [0.05, 0.1) is 18.8 Å². The summed E-state index contributed by atoms with van der Waals surface area (Å²) in [4.78, 5) is 0. The van der Waals surface area contributed by atoms with E-state index in [4.69, 9.17) is 4.74 Å². The molecule has 1 aliphatic carbocycles. The molecular formula is C15H28N2O. The van der Waals surface area contributed by atoms with Gasteiger partial charge in [-0.3, -0.25) is 5.32 Å². The van der Waals surface area contributed by atoms with Crippen LogP contribution in [0.5, 0.6) is 0 Å². The summed E-state index contributed by atoms with van der Waals surface area (Å²) in [5.41, 5.74) is -0.443. The van der Waals surface area contributed by atoms with Crippen molar-refractivity contribution in [3.05, 3.63) is 0 Å². The van der Waals surface area contributed by atoms with Gasteiger partial charge in [0.1, 0.15) is 5.54 Å². The molecule has 0 aromatic rings. The number of hydrogen-bond acceptors (Lipinski definition) is 3. The molecule has 0 amide bonds. The van der Waals surface area contributed by atoms with Crippen molar-refractivity contribution in [1.82, 2.24) is 5.32 Å². The third-order valence-electron chi connectivity index (χ3n) is 3.56. The molecule has 18 heavy (non-hydrogen) atoms. The second-order valence-electron chi connectivity index (χ2n) is 6.04. The van der Waals surface area contributed by atoms with E-state index in [1.54, 1.807) is 0 Å². The molecule has 0 aliphatic heterocycles. The molecular weight excluding hydrogens is 224 g/mol.